The first kappa shape index (κ1) is 23.8. The molecule has 2 amide bonds. The van der Waals surface area contributed by atoms with Gasteiger partial charge in [0.15, 0.2) is 6.23 Å². The molecule has 2 unspecified atom stereocenters. The molecule has 2 aromatic rings. The number of hydrogen-bond donors (Lipinski definition) is 3. The topological polar surface area (TPSA) is 137 Å². The van der Waals surface area contributed by atoms with E-state index in [0.717, 1.165) is 5.56 Å². The molecule has 1 aliphatic heterocycles. The van der Waals surface area contributed by atoms with Crippen molar-refractivity contribution in [1.82, 2.24) is 9.80 Å². The van der Waals surface area contributed by atoms with E-state index in [2.05, 4.69) is 0 Å². The van der Waals surface area contributed by atoms with Crippen LogP contribution in [0.5, 0.6) is 5.75 Å². The molecule has 0 spiro atoms. The van der Waals surface area contributed by atoms with E-state index in [0.29, 0.717) is 29.8 Å². The number of piperazine rings is 1. The van der Waals surface area contributed by atoms with Gasteiger partial charge in [-0.3, -0.25) is 24.7 Å². The molecular formula is C24H28N4O5. The standard InChI is InChI=1S/C24H28N4O5/c1-3-11-27-20(33-18-9-7-16(8-10-18)22(25)26)14-28(24(32)23(27)31)19(13-21(29)30)17-6-4-5-15(2)12-17/h4-10,12,19-20H,3,11,13-14H2,1-2H3,(H3,25,26)(H,29,30). The third-order valence-corrected chi connectivity index (χ3v) is 5.48. The second kappa shape index (κ2) is 10.2. The molecule has 3 rings (SSSR count). The van der Waals surface area contributed by atoms with Crippen molar-refractivity contribution in [2.24, 2.45) is 5.73 Å². The highest BCUT2D eigenvalue weighted by molar-refractivity contribution is 6.35. The van der Waals surface area contributed by atoms with Gasteiger partial charge in [-0.1, -0.05) is 36.8 Å². The summed E-state index contributed by atoms with van der Waals surface area (Å²) in [4.78, 5) is 40.4. The molecule has 1 fully saturated rings. The van der Waals surface area contributed by atoms with Crippen LogP contribution in [0.3, 0.4) is 0 Å². The van der Waals surface area contributed by atoms with Crippen molar-refractivity contribution in [3.05, 3.63) is 65.2 Å². The van der Waals surface area contributed by atoms with Crippen LogP contribution < -0.4 is 10.5 Å². The lowest BCUT2D eigenvalue weighted by atomic mass is 9.98. The maximum absolute atomic E-state index is 13.1. The smallest absolute Gasteiger partial charge is 0.315 e. The zero-order valence-electron chi connectivity index (χ0n) is 18.7. The Kier molecular flexibility index (Phi) is 7.32. The van der Waals surface area contributed by atoms with Crippen molar-refractivity contribution in [2.75, 3.05) is 13.1 Å². The molecule has 1 saturated heterocycles. The molecule has 1 aliphatic rings. The molecule has 0 radical (unpaired) electrons. The molecule has 9 heteroatoms. The van der Waals surface area contributed by atoms with E-state index in [-0.39, 0.29) is 18.8 Å². The van der Waals surface area contributed by atoms with Crippen LogP contribution in [0.1, 0.15) is 42.5 Å². The quantitative estimate of drug-likeness (QED) is 0.303. The minimum atomic E-state index is -1.07. The molecule has 1 heterocycles. The van der Waals surface area contributed by atoms with E-state index < -0.39 is 30.1 Å². The zero-order chi connectivity index (χ0) is 24.1. The van der Waals surface area contributed by atoms with Crippen molar-refractivity contribution < 1.29 is 24.2 Å². The number of benzene rings is 2. The normalized spacial score (nSPS) is 17.1. The Morgan fingerprint density at radius 2 is 1.91 bits per heavy atom. The summed E-state index contributed by atoms with van der Waals surface area (Å²) in [5.41, 5.74) is 7.60. The largest absolute Gasteiger partial charge is 0.481 e. The van der Waals surface area contributed by atoms with Gasteiger partial charge in [0, 0.05) is 12.1 Å². The zero-order valence-corrected chi connectivity index (χ0v) is 18.7. The number of nitrogens with two attached hydrogens (primary N) is 1. The highest BCUT2D eigenvalue weighted by Crippen LogP contribution is 2.30. The monoisotopic (exact) mass is 452 g/mol. The van der Waals surface area contributed by atoms with Crippen LogP contribution in [-0.4, -0.2) is 57.8 Å². The van der Waals surface area contributed by atoms with Crippen LogP contribution in [0.2, 0.25) is 0 Å². The number of amides is 2. The summed E-state index contributed by atoms with van der Waals surface area (Å²) in [5.74, 6) is -2.18. The summed E-state index contributed by atoms with van der Waals surface area (Å²) >= 11 is 0. The predicted octanol–water partition coefficient (Wildman–Crippen LogP) is 2.28. The first-order valence-electron chi connectivity index (χ1n) is 10.7. The van der Waals surface area contributed by atoms with E-state index in [1.54, 1.807) is 36.4 Å². The Balaban J connectivity index is 1.94. The lowest BCUT2D eigenvalue weighted by molar-refractivity contribution is -0.169. The van der Waals surface area contributed by atoms with E-state index >= 15 is 0 Å². The third-order valence-electron chi connectivity index (χ3n) is 5.48. The van der Waals surface area contributed by atoms with Gasteiger partial charge in [-0.05, 0) is 43.2 Å². The number of aryl methyl sites for hydroxylation is 1. The molecular weight excluding hydrogens is 424 g/mol. The Bertz CT molecular complexity index is 1050. The lowest BCUT2D eigenvalue weighted by Crippen LogP contribution is -2.62. The van der Waals surface area contributed by atoms with E-state index in [9.17, 15) is 19.5 Å². The molecule has 2 atom stereocenters. The number of carbonyl (C=O) groups excluding carboxylic acids is 2. The molecule has 0 saturated carbocycles. The van der Waals surface area contributed by atoms with Gasteiger partial charge in [0.05, 0.1) is 19.0 Å². The molecule has 0 bridgehead atoms. The first-order chi connectivity index (χ1) is 15.7. The number of rotatable bonds is 9. The fraction of sp³-hybridized carbons (Fsp3) is 0.333. The predicted molar refractivity (Wildman–Crippen MR) is 122 cm³/mol. The fourth-order valence-electron chi connectivity index (χ4n) is 3.90. The van der Waals surface area contributed by atoms with Crippen LogP contribution >= 0.6 is 0 Å². The van der Waals surface area contributed by atoms with Gasteiger partial charge < -0.3 is 20.5 Å². The van der Waals surface area contributed by atoms with Crippen molar-refractivity contribution in [2.45, 2.75) is 39.0 Å². The molecule has 0 aliphatic carbocycles. The number of carbonyl (C=O) groups is 3. The number of aliphatic carboxylic acids is 1. The average Bonchev–Trinajstić information content (AvgIpc) is 2.77. The summed E-state index contributed by atoms with van der Waals surface area (Å²) in [6.07, 6.45) is -0.506. The Hall–Kier alpha value is -3.88. The summed E-state index contributed by atoms with van der Waals surface area (Å²) in [7, 11) is 0. The first-order valence-corrected chi connectivity index (χ1v) is 10.7. The summed E-state index contributed by atoms with van der Waals surface area (Å²) in [5, 5.41) is 17.0. The van der Waals surface area contributed by atoms with Crippen LogP contribution in [0.4, 0.5) is 0 Å². The second-order valence-electron chi connectivity index (χ2n) is 7.99. The molecule has 0 aromatic heterocycles. The Morgan fingerprint density at radius 3 is 2.48 bits per heavy atom. The number of ether oxygens (including phenoxy) is 1. The summed E-state index contributed by atoms with van der Waals surface area (Å²) in [6, 6.07) is 13.0. The number of nitrogen functional groups attached to an aromatic ring is 1. The van der Waals surface area contributed by atoms with Crippen LogP contribution in [0, 0.1) is 12.3 Å². The molecule has 2 aromatic carbocycles. The summed E-state index contributed by atoms with van der Waals surface area (Å²) in [6.45, 7) is 4.11. The molecule has 4 N–H and O–H groups in total. The van der Waals surface area contributed by atoms with E-state index in [1.165, 1.54) is 9.80 Å². The van der Waals surface area contributed by atoms with Gasteiger partial charge >= 0.3 is 17.8 Å². The number of amidine groups is 1. The van der Waals surface area contributed by atoms with Crippen LogP contribution in [0.15, 0.2) is 48.5 Å². The molecule has 174 valence electrons. The van der Waals surface area contributed by atoms with Gasteiger partial charge in [-0.2, -0.15) is 0 Å². The minimum Gasteiger partial charge on any atom is -0.481 e. The lowest BCUT2D eigenvalue weighted by Gasteiger charge is -2.43. The maximum Gasteiger partial charge on any atom is 0.315 e. The number of carboxylic acids is 1. The molecule has 33 heavy (non-hydrogen) atoms. The Labute approximate surface area is 192 Å². The van der Waals surface area contributed by atoms with Crippen molar-refractivity contribution in [3.63, 3.8) is 0 Å². The maximum atomic E-state index is 13.1. The van der Waals surface area contributed by atoms with E-state index in [1.807, 2.05) is 26.0 Å². The summed E-state index contributed by atoms with van der Waals surface area (Å²) < 4.78 is 6.07. The average molecular weight is 453 g/mol. The highest BCUT2D eigenvalue weighted by Gasteiger charge is 2.43. The number of hydrogen-bond acceptors (Lipinski definition) is 5. The van der Waals surface area contributed by atoms with Gasteiger partial charge in [0.25, 0.3) is 0 Å². The number of nitrogens with one attached hydrogen (secondary N) is 1. The van der Waals surface area contributed by atoms with Crippen LogP contribution in [0.25, 0.3) is 0 Å². The number of carboxylic acid groups (broad SMARTS) is 1. The van der Waals surface area contributed by atoms with Crippen LogP contribution in [-0.2, 0) is 14.4 Å². The van der Waals surface area contributed by atoms with Gasteiger partial charge in [0.1, 0.15) is 11.6 Å². The Morgan fingerprint density at radius 1 is 1.21 bits per heavy atom. The molecule has 9 nitrogen and oxygen atoms in total. The fourth-order valence-corrected chi connectivity index (χ4v) is 3.90. The van der Waals surface area contributed by atoms with Gasteiger partial charge in [0.2, 0.25) is 0 Å². The van der Waals surface area contributed by atoms with Gasteiger partial charge in [-0.25, -0.2) is 0 Å². The van der Waals surface area contributed by atoms with Gasteiger partial charge in [-0.15, -0.1) is 0 Å². The van der Waals surface area contributed by atoms with Crippen molar-refractivity contribution >= 4 is 23.6 Å². The minimum absolute atomic E-state index is 0.0188. The van der Waals surface area contributed by atoms with Crippen molar-refractivity contribution in [3.8, 4) is 5.75 Å². The van der Waals surface area contributed by atoms with Crippen molar-refractivity contribution in [1.29, 1.82) is 5.41 Å². The van der Waals surface area contributed by atoms with E-state index in [4.69, 9.17) is 15.9 Å². The third kappa shape index (κ3) is 5.49. The highest BCUT2D eigenvalue weighted by atomic mass is 16.5. The SMILES string of the molecule is CCCN1C(=O)C(=O)N(C(CC(=O)O)c2cccc(C)c2)CC1Oc1ccc(C(=N)N)cc1. The number of nitrogens with zero attached hydrogens (tertiary/aromatic N) is 2. The second-order valence-corrected chi connectivity index (χ2v) is 7.99.